The van der Waals surface area contributed by atoms with Crippen LogP contribution in [0.15, 0.2) is 48.7 Å². The Bertz CT molecular complexity index is 1080. The van der Waals surface area contributed by atoms with Gasteiger partial charge in [-0.15, -0.1) is 0 Å². The second kappa shape index (κ2) is 9.22. The van der Waals surface area contributed by atoms with Crippen molar-refractivity contribution < 1.29 is 14.3 Å². The molecule has 168 valence electrons. The van der Waals surface area contributed by atoms with E-state index in [-0.39, 0.29) is 11.8 Å². The highest BCUT2D eigenvalue weighted by molar-refractivity contribution is 6.30. The van der Waals surface area contributed by atoms with Gasteiger partial charge < -0.3 is 14.4 Å². The summed E-state index contributed by atoms with van der Waals surface area (Å²) in [7, 11) is 0. The van der Waals surface area contributed by atoms with Gasteiger partial charge in [0.1, 0.15) is 0 Å². The number of fused-ring (bicyclic) bond motifs is 1. The molecule has 7 heteroatoms. The number of hydrogen-bond acceptors (Lipinski definition) is 4. The molecule has 1 atom stereocenters. The van der Waals surface area contributed by atoms with E-state index in [9.17, 15) is 4.79 Å². The molecule has 1 amide bonds. The van der Waals surface area contributed by atoms with E-state index in [1.165, 1.54) is 5.56 Å². The molecule has 6 nitrogen and oxygen atoms in total. The van der Waals surface area contributed by atoms with E-state index in [2.05, 4.69) is 28.4 Å². The molecule has 2 saturated heterocycles. The van der Waals surface area contributed by atoms with E-state index in [4.69, 9.17) is 21.1 Å². The summed E-state index contributed by atoms with van der Waals surface area (Å²) >= 11 is 6.13. The fraction of sp³-hybridized carbons (Fsp3) is 0.440. The molecular formula is C25H28ClN3O3. The van der Waals surface area contributed by atoms with Crippen LogP contribution in [-0.4, -0.2) is 60.5 Å². The Kier molecular flexibility index (Phi) is 6.17. The largest absolute Gasteiger partial charge is 0.381 e. The topological polar surface area (TPSA) is 67.5 Å². The number of nitrogens with zero attached hydrogens (tertiary/aromatic N) is 2. The zero-order valence-corrected chi connectivity index (χ0v) is 18.8. The molecule has 1 N–H and O–H groups in total. The minimum absolute atomic E-state index is 0.184. The maximum absolute atomic E-state index is 14.0. The van der Waals surface area contributed by atoms with Crippen molar-refractivity contribution in [3.05, 3.63) is 64.8 Å². The van der Waals surface area contributed by atoms with Gasteiger partial charge in [0, 0.05) is 42.6 Å². The fourth-order valence-corrected chi connectivity index (χ4v) is 5.18. The molecule has 0 bridgehead atoms. The molecule has 0 saturated carbocycles. The number of benzene rings is 2. The van der Waals surface area contributed by atoms with Crippen molar-refractivity contribution >= 4 is 28.4 Å². The SMILES string of the molecule is O=C(N1CCOC[C@H](Cc2ccc3[nH]ncc3c2)C1)C1(c2ccc(Cl)cc2)CCOCC1. The quantitative estimate of drug-likeness (QED) is 0.648. The van der Waals surface area contributed by atoms with Gasteiger partial charge in [0.05, 0.1) is 30.3 Å². The summed E-state index contributed by atoms with van der Waals surface area (Å²) in [5, 5.41) is 8.89. The van der Waals surface area contributed by atoms with Crippen molar-refractivity contribution in [1.29, 1.82) is 0 Å². The Morgan fingerprint density at radius 3 is 2.75 bits per heavy atom. The zero-order chi connectivity index (χ0) is 22.0. The lowest BCUT2D eigenvalue weighted by atomic mass is 9.73. The lowest BCUT2D eigenvalue weighted by Crippen LogP contribution is -2.51. The van der Waals surface area contributed by atoms with Crippen molar-refractivity contribution in [2.75, 3.05) is 39.5 Å². The van der Waals surface area contributed by atoms with Crippen molar-refractivity contribution in [2.24, 2.45) is 5.92 Å². The van der Waals surface area contributed by atoms with Gasteiger partial charge >= 0.3 is 0 Å². The van der Waals surface area contributed by atoms with Gasteiger partial charge in [-0.1, -0.05) is 29.8 Å². The first-order valence-electron chi connectivity index (χ1n) is 11.3. The van der Waals surface area contributed by atoms with Crippen molar-refractivity contribution in [3.8, 4) is 0 Å². The number of hydrogen-bond donors (Lipinski definition) is 1. The van der Waals surface area contributed by atoms with Crippen LogP contribution in [0.1, 0.15) is 24.0 Å². The highest BCUT2D eigenvalue weighted by atomic mass is 35.5. The number of ether oxygens (including phenoxy) is 2. The van der Waals surface area contributed by atoms with E-state index < -0.39 is 5.41 Å². The molecular weight excluding hydrogens is 426 g/mol. The second-order valence-electron chi connectivity index (χ2n) is 8.89. The number of aromatic amines is 1. The summed E-state index contributed by atoms with van der Waals surface area (Å²) < 4.78 is 11.6. The first-order valence-corrected chi connectivity index (χ1v) is 11.6. The summed E-state index contributed by atoms with van der Waals surface area (Å²) in [6, 6.07) is 14.1. The van der Waals surface area contributed by atoms with Crippen LogP contribution in [0.4, 0.5) is 0 Å². The number of amides is 1. The third-order valence-electron chi connectivity index (χ3n) is 6.81. The summed E-state index contributed by atoms with van der Waals surface area (Å²) in [5.41, 5.74) is 2.74. The number of nitrogens with one attached hydrogen (secondary N) is 1. The van der Waals surface area contributed by atoms with Gasteiger partial charge in [0.15, 0.2) is 0 Å². The predicted molar refractivity (Wildman–Crippen MR) is 124 cm³/mol. The summed E-state index contributed by atoms with van der Waals surface area (Å²) in [4.78, 5) is 16.0. The minimum atomic E-state index is -0.562. The van der Waals surface area contributed by atoms with Gasteiger partial charge in [0.2, 0.25) is 5.91 Å². The molecule has 3 heterocycles. The number of halogens is 1. The lowest BCUT2D eigenvalue weighted by molar-refractivity contribution is -0.141. The van der Waals surface area contributed by atoms with Gasteiger partial charge in [-0.25, -0.2) is 0 Å². The Balaban J connectivity index is 1.37. The molecule has 2 fully saturated rings. The van der Waals surface area contributed by atoms with Crippen LogP contribution >= 0.6 is 11.6 Å². The molecule has 5 rings (SSSR count). The van der Waals surface area contributed by atoms with Gasteiger partial charge in [-0.3, -0.25) is 9.89 Å². The second-order valence-corrected chi connectivity index (χ2v) is 9.33. The molecule has 0 unspecified atom stereocenters. The first-order chi connectivity index (χ1) is 15.6. The predicted octanol–water partition coefficient (Wildman–Crippen LogP) is 3.98. The third kappa shape index (κ3) is 4.27. The summed E-state index contributed by atoms with van der Waals surface area (Å²) in [6.45, 7) is 3.71. The molecule has 0 spiro atoms. The summed E-state index contributed by atoms with van der Waals surface area (Å²) in [6.07, 6.45) is 4.08. The highest BCUT2D eigenvalue weighted by Gasteiger charge is 2.44. The average molecular weight is 454 g/mol. The average Bonchev–Trinajstić information content (AvgIpc) is 3.17. The van der Waals surface area contributed by atoms with Crippen LogP contribution in [0.2, 0.25) is 5.02 Å². The smallest absolute Gasteiger partial charge is 0.233 e. The standard InChI is InChI=1S/C25H28ClN3O3/c26-22-4-2-21(3-5-22)25(7-10-31-11-8-25)24(30)29-9-12-32-17-19(16-29)13-18-1-6-23-20(14-18)15-27-28-23/h1-6,14-15,19H,7-13,16-17H2,(H,27,28)/t19-/m1/s1. The molecule has 0 radical (unpaired) electrons. The number of H-pyrrole nitrogens is 1. The van der Waals surface area contributed by atoms with Crippen molar-refractivity contribution in [2.45, 2.75) is 24.7 Å². The number of aromatic nitrogens is 2. The third-order valence-corrected chi connectivity index (χ3v) is 7.06. The Morgan fingerprint density at radius 1 is 1.12 bits per heavy atom. The van der Waals surface area contributed by atoms with Gasteiger partial charge in [-0.05, 0) is 54.7 Å². The van der Waals surface area contributed by atoms with Crippen LogP contribution in [0.25, 0.3) is 10.9 Å². The van der Waals surface area contributed by atoms with Crippen LogP contribution < -0.4 is 0 Å². The number of carbonyl (C=O) groups excluding carboxylic acids is 1. The molecule has 3 aromatic rings. The van der Waals surface area contributed by atoms with E-state index >= 15 is 0 Å². The van der Waals surface area contributed by atoms with Gasteiger partial charge in [-0.2, -0.15) is 5.10 Å². The van der Waals surface area contributed by atoms with Crippen LogP contribution in [0, 0.1) is 5.92 Å². The normalized spacial score (nSPS) is 21.4. The first kappa shape index (κ1) is 21.4. The van der Waals surface area contributed by atoms with Crippen LogP contribution in [0.3, 0.4) is 0 Å². The molecule has 0 aliphatic carbocycles. The maximum atomic E-state index is 14.0. The van der Waals surface area contributed by atoms with Gasteiger partial charge in [0.25, 0.3) is 0 Å². The molecule has 32 heavy (non-hydrogen) atoms. The molecule has 2 aromatic carbocycles. The number of carbonyl (C=O) groups is 1. The minimum Gasteiger partial charge on any atom is -0.381 e. The van der Waals surface area contributed by atoms with E-state index in [1.54, 1.807) is 0 Å². The van der Waals surface area contributed by atoms with Crippen molar-refractivity contribution in [3.63, 3.8) is 0 Å². The van der Waals surface area contributed by atoms with E-state index in [1.807, 2.05) is 35.4 Å². The van der Waals surface area contributed by atoms with Crippen molar-refractivity contribution in [1.82, 2.24) is 15.1 Å². The van der Waals surface area contributed by atoms with Crippen LogP contribution in [0.5, 0.6) is 0 Å². The molecule has 2 aliphatic rings. The summed E-state index contributed by atoms with van der Waals surface area (Å²) in [5.74, 6) is 0.428. The van der Waals surface area contributed by atoms with E-state index in [0.29, 0.717) is 57.4 Å². The Morgan fingerprint density at radius 2 is 1.94 bits per heavy atom. The number of rotatable bonds is 4. The Labute approximate surface area is 192 Å². The Hall–Kier alpha value is -2.41. The molecule has 1 aromatic heterocycles. The highest BCUT2D eigenvalue weighted by Crippen LogP contribution is 2.38. The monoisotopic (exact) mass is 453 g/mol. The zero-order valence-electron chi connectivity index (χ0n) is 18.1. The fourth-order valence-electron chi connectivity index (χ4n) is 5.06. The lowest BCUT2D eigenvalue weighted by Gasteiger charge is -2.40. The van der Waals surface area contributed by atoms with Crippen LogP contribution in [-0.2, 0) is 26.1 Å². The van der Waals surface area contributed by atoms with E-state index in [0.717, 1.165) is 22.9 Å². The molecule has 2 aliphatic heterocycles. The maximum Gasteiger partial charge on any atom is 0.233 e.